The first-order valence-corrected chi connectivity index (χ1v) is 6.46. The van der Waals surface area contributed by atoms with Crippen molar-refractivity contribution >= 4 is 27.7 Å². The zero-order chi connectivity index (χ0) is 9.52. The van der Waals surface area contributed by atoms with Gasteiger partial charge in [0.2, 0.25) is 0 Å². The zero-order valence-corrected chi connectivity index (χ0v) is 10.2. The van der Waals surface area contributed by atoms with E-state index in [0.717, 1.165) is 10.2 Å². The highest BCUT2D eigenvalue weighted by molar-refractivity contribution is 9.10. The maximum Gasteiger partial charge on any atom is 0.0503 e. The second kappa shape index (κ2) is 6.44. The van der Waals surface area contributed by atoms with Gasteiger partial charge in [0.05, 0.1) is 5.69 Å². The summed E-state index contributed by atoms with van der Waals surface area (Å²) in [5, 5.41) is 0. The molecule has 0 saturated heterocycles. The Morgan fingerprint density at radius 2 is 2.31 bits per heavy atom. The van der Waals surface area contributed by atoms with Crippen LogP contribution in [0.25, 0.3) is 0 Å². The fraction of sp³-hybridized carbons (Fsp3) is 0.500. The van der Waals surface area contributed by atoms with E-state index in [-0.39, 0.29) is 0 Å². The minimum absolute atomic E-state index is 1.04. The Kier molecular flexibility index (Phi) is 5.47. The SMILES string of the molecule is CCCCSCc1ccc(Br)cn1. The predicted octanol–water partition coefficient (Wildman–Crippen LogP) is 3.88. The smallest absolute Gasteiger partial charge is 0.0503 e. The molecule has 1 aromatic rings. The van der Waals surface area contributed by atoms with Crippen molar-refractivity contribution < 1.29 is 0 Å². The van der Waals surface area contributed by atoms with Gasteiger partial charge in [-0.1, -0.05) is 13.3 Å². The highest BCUT2D eigenvalue weighted by Crippen LogP contribution is 2.14. The quantitative estimate of drug-likeness (QED) is 0.745. The van der Waals surface area contributed by atoms with Crippen molar-refractivity contribution in [3.05, 3.63) is 28.5 Å². The molecular formula is C10H14BrNS. The van der Waals surface area contributed by atoms with Crippen LogP contribution in [0.4, 0.5) is 0 Å². The first kappa shape index (κ1) is 11.1. The third-order valence-corrected chi connectivity index (χ3v) is 3.23. The molecule has 0 aromatic carbocycles. The summed E-state index contributed by atoms with van der Waals surface area (Å²) in [6, 6.07) is 4.12. The van der Waals surface area contributed by atoms with E-state index < -0.39 is 0 Å². The van der Waals surface area contributed by atoms with E-state index in [4.69, 9.17) is 0 Å². The van der Waals surface area contributed by atoms with Crippen LogP contribution in [0.2, 0.25) is 0 Å². The van der Waals surface area contributed by atoms with Gasteiger partial charge in [-0.3, -0.25) is 4.98 Å². The van der Waals surface area contributed by atoms with Crippen molar-refractivity contribution in [2.45, 2.75) is 25.5 Å². The average Bonchev–Trinajstić information content (AvgIpc) is 2.15. The third kappa shape index (κ3) is 4.67. The molecule has 3 heteroatoms. The van der Waals surface area contributed by atoms with Crippen molar-refractivity contribution in [1.82, 2.24) is 4.98 Å². The number of unbranched alkanes of at least 4 members (excludes halogenated alkanes) is 1. The summed E-state index contributed by atoms with van der Waals surface area (Å²) >= 11 is 5.33. The van der Waals surface area contributed by atoms with Gasteiger partial charge in [-0.05, 0) is 40.2 Å². The maximum atomic E-state index is 4.31. The lowest BCUT2D eigenvalue weighted by Gasteiger charge is -1.99. The van der Waals surface area contributed by atoms with E-state index in [0.29, 0.717) is 0 Å². The van der Waals surface area contributed by atoms with E-state index in [1.165, 1.54) is 24.3 Å². The normalized spacial score (nSPS) is 10.3. The largest absolute Gasteiger partial charge is 0.259 e. The molecule has 72 valence electrons. The van der Waals surface area contributed by atoms with Gasteiger partial charge in [0, 0.05) is 16.4 Å². The molecule has 1 rings (SSSR count). The molecule has 1 aromatic heterocycles. The summed E-state index contributed by atoms with van der Waals surface area (Å²) in [5.74, 6) is 2.28. The van der Waals surface area contributed by atoms with Gasteiger partial charge in [-0.15, -0.1) is 0 Å². The first-order valence-electron chi connectivity index (χ1n) is 4.51. The lowest BCUT2D eigenvalue weighted by molar-refractivity contribution is 0.895. The van der Waals surface area contributed by atoms with Gasteiger partial charge >= 0.3 is 0 Å². The third-order valence-electron chi connectivity index (χ3n) is 1.68. The molecule has 0 atom stereocenters. The predicted molar refractivity (Wildman–Crippen MR) is 63.0 cm³/mol. The average molecular weight is 260 g/mol. The maximum absolute atomic E-state index is 4.31. The van der Waals surface area contributed by atoms with Crippen LogP contribution in [0, 0.1) is 0 Å². The lowest BCUT2D eigenvalue weighted by atomic mass is 10.4. The van der Waals surface area contributed by atoms with Crippen LogP contribution in [-0.4, -0.2) is 10.7 Å². The molecule has 0 saturated carbocycles. The molecule has 0 spiro atoms. The van der Waals surface area contributed by atoms with Gasteiger partial charge in [0.15, 0.2) is 0 Å². The van der Waals surface area contributed by atoms with Gasteiger partial charge in [-0.2, -0.15) is 11.8 Å². The first-order chi connectivity index (χ1) is 6.33. The van der Waals surface area contributed by atoms with E-state index >= 15 is 0 Å². The summed E-state index contributed by atoms with van der Waals surface area (Å²) in [6.07, 6.45) is 4.44. The molecule has 0 amide bonds. The van der Waals surface area contributed by atoms with Crippen molar-refractivity contribution in [3.8, 4) is 0 Å². The van der Waals surface area contributed by atoms with Crippen molar-refractivity contribution in [1.29, 1.82) is 0 Å². The molecule has 0 fully saturated rings. The Morgan fingerprint density at radius 3 is 2.92 bits per heavy atom. The minimum atomic E-state index is 1.04. The van der Waals surface area contributed by atoms with Crippen LogP contribution >= 0.6 is 27.7 Å². The fourth-order valence-electron chi connectivity index (χ4n) is 0.915. The number of hydrogen-bond acceptors (Lipinski definition) is 2. The standard InChI is InChI=1S/C10H14BrNS/c1-2-3-6-13-8-10-5-4-9(11)7-12-10/h4-5,7H,2-3,6,8H2,1H3. The number of hydrogen-bond donors (Lipinski definition) is 0. The van der Waals surface area contributed by atoms with E-state index in [1.54, 1.807) is 0 Å². The summed E-state index contributed by atoms with van der Waals surface area (Å²) in [5.41, 5.74) is 1.17. The molecule has 0 aliphatic rings. The summed E-state index contributed by atoms with van der Waals surface area (Å²) < 4.78 is 1.05. The van der Waals surface area contributed by atoms with Crippen LogP contribution in [-0.2, 0) is 5.75 Å². The van der Waals surface area contributed by atoms with E-state index in [9.17, 15) is 0 Å². The fourth-order valence-corrected chi connectivity index (χ4v) is 2.17. The van der Waals surface area contributed by atoms with Crippen molar-refractivity contribution in [2.75, 3.05) is 5.75 Å². The van der Waals surface area contributed by atoms with Gasteiger partial charge in [-0.25, -0.2) is 0 Å². The molecule has 0 N–H and O–H groups in total. The number of halogens is 1. The van der Waals surface area contributed by atoms with Gasteiger partial charge in [0.1, 0.15) is 0 Å². The molecule has 1 heterocycles. The second-order valence-electron chi connectivity index (χ2n) is 2.87. The Bertz CT molecular complexity index is 235. The Hall–Kier alpha value is -0.0200. The number of thioether (sulfide) groups is 1. The summed E-state index contributed by atoms with van der Waals surface area (Å²) in [7, 11) is 0. The van der Waals surface area contributed by atoms with Gasteiger partial charge in [0.25, 0.3) is 0 Å². The highest BCUT2D eigenvalue weighted by atomic mass is 79.9. The number of nitrogens with zero attached hydrogens (tertiary/aromatic N) is 1. The second-order valence-corrected chi connectivity index (χ2v) is 4.89. The minimum Gasteiger partial charge on any atom is -0.259 e. The molecule has 0 aliphatic heterocycles. The Balaban J connectivity index is 2.25. The van der Waals surface area contributed by atoms with E-state index in [1.807, 2.05) is 24.0 Å². The zero-order valence-electron chi connectivity index (χ0n) is 7.79. The molecular weight excluding hydrogens is 246 g/mol. The van der Waals surface area contributed by atoms with Crippen LogP contribution in [0.5, 0.6) is 0 Å². The molecule has 1 nitrogen and oxygen atoms in total. The monoisotopic (exact) mass is 259 g/mol. The Labute approximate surface area is 92.5 Å². The van der Waals surface area contributed by atoms with Gasteiger partial charge < -0.3 is 0 Å². The molecule has 0 unspecified atom stereocenters. The van der Waals surface area contributed by atoms with Crippen LogP contribution in [0.1, 0.15) is 25.5 Å². The topological polar surface area (TPSA) is 12.9 Å². The summed E-state index contributed by atoms with van der Waals surface area (Å²) in [4.78, 5) is 4.31. The molecule has 13 heavy (non-hydrogen) atoms. The van der Waals surface area contributed by atoms with Crippen LogP contribution in [0.3, 0.4) is 0 Å². The molecule has 0 bridgehead atoms. The van der Waals surface area contributed by atoms with E-state index in [2.05, 4.69) is 33.9 Å². The molecule has 0 radical (unpaired) electrons. The summed E-state index contributed by atoms with van der Waals surface area (Å²) in [6.45, 7) is 2.22. The van der Waals surface area contributed by atoms with Crippen LogP contribution in [0.15, 0.2) is 22.8 Å². The number of pyridine rings is 1. The van der Waals surface area contributed by atoms with Crippen molar-refractivity contribution in [2.24, 2.45) is 0 Å². The number of aromatic nitrogens is 1. The molecule has 0 aliphatic carbocycles. The lowest BCUT2D eigenvalue weighted by Crippen LogP contribution is -1.87. The van der Waals surface area contributed by atoms with Crippen LogP contribution < -0.4 is 0 Å². The van der Waals surface area contributed by atoms with Crippen molar-refractivity contribution in [3.63, 3.8) is 0 Å². The Morgan fingerprint density at radius 1 is 1.46 bits per heavy atom. The number of rotatable bonds is 5. The highest BCUT2D eigenvalue weighted by Gasteiger charge is 1.94.